The van der Waals surface area contributed by atoms with Crippen molar-refractivity contribution in [2.45, 2.75) is 27.3 Å². The van der Waals surface area contributed by atoms with E-state index in [2.05, 4.69) is 25.5 Å². The minimum atomic E-state index is -0.280. The molecule has 174 valence electrons. The third-order valence-electron chi connectivity index (χ3n) is 5.78. The number of nitrogens with zero attached hydrogens (tertiary/aromatic N) is 1. The zero-order valence-electron chi connectivity index (χ0n) is 19.7. The SMILES string of the molecule is CSNC(=O)c1cccc(CN2C(=O)/C(=C(\c3ccc(Cl)cc3)C(C)(C)C)c3ccccc32)c1. The molecule has 0 spiro atoms. The van der Waals surface area contributed by atoms with Gasteiger partial charge in [-0.15, -0.1) is 0 Å². The van der Waals surface area contributed by atoms with Gasteiger partial charge in [0.25, 0.3) is 11.8 Å². The molecular weight excluding hydrogens is 464 g/mol. The first-order valence-corrected chi connectivity index (χ1v) is 12.6. The number of allylic oxidation sites excluding steroid dienone is 1. The van der Waals surface area contributed by atoms with Gasteiger partial charge >= 0.3 is 0 Å². The van der Waals surface area contributed by atoms with Crippen LogP contribution in [0, 0.1) is 5.41 Å². The molecule has 0 bridgehead atoms. The molecule has 1 N–H and O–H groups in total. The minimum Gasteiger partial charge on any atom is -0.303 e. The van der Waals surface area contributed by atoms with Crippen molar-refractivity contribution in [2.75, 3.05) is 11.2 Å². The Kier molecular flexibility index (Phi) is 6.87. The molecule has 2 amide bonds. The van der Waals surface area contributed by atoms with Gasteiger partial charge in [-0.05, 0) is 52.4 Å². The number of nitrogens with one attached hydrogen (secondary N) is 1. The van der Waals surface area contributed by atoms with Crippen molar-refractivity contribution in [3.8, 4) is 0 Å². The molecule has 6 heteroatoms. The van der Waals surface area contributed by atoms with Gasteiger partial charge in [0.1, 0.15) is 0 Å². The maximum Gasteiger partial charge on any atom is 0.261 e. The number of benzene rings is 3. The highest BCUT2D eigenvalue weighted by Gasteiger charge is 2.37. The molecule has 1 heterocycles. The second-order valence-corrected chi connectivity index (χ2v) is 10.3. The van der Waals surface area contributed by atoms with Gasteiger partial charge in [-0.3, -0.25) is 14.3 Å². The van der Waals surface area contributed by atoms with Crippen molar-refractivity contribution in [1.29, 1.82) is 0 Å². The molecule has 3 aromatic rings. The first kappa shape index (κ1) is 24.1. The fourth-order valence-electron chi connectivity index (χ4n) is 4.39. The molecule has 0 saturated heterocycles. The maximum absolute atomic E-state index is 14.0. The number of rotatable bonds is 5. The number of amides is 2. The standard InChI is InChI=1S/C28H27ClN2O2S/c1-28(2,3)25(19-12-14-21(29)15-13-19)24-22-10-5-6-11-23(22)31(27(24)33)17-18-8-7-9-20(16-18)26(32)30-34-4/h5-16H,17H2,1-4H3,(H,30,32)/b25-24+. The van der Waals surface area contributed by atoms with Gasteiger partial charge in [0.15, 0.2) is 0 Å². The van der Waals surface area contributed by atoms with Crippen LogP contribution in [0.4, 0.5) is 5.69 Å². The summed E-state index contributed by atoms with van der Waals surface area (Å²) in [5.74, 6) is -0.194. The van der Waals surface area contributed by atoms with E-state index in [-0.39, 0.29) is 17.2 Å². The fraction of sp³-hybridized carbons (Fsp3) is 0.214. The lowest BCUT2D eigenvalue weighted by molar-refractivity contribution is -0.113. The smallest absolute Gasteiger partial charge is 0.261 e. The highest BCUT2D eigenvalue weighted by molar-refractivity contribution is 7.97. The summed E-state index contributed by atoms with van der Waals surface area (Å²) in [6, 6.07) is 23.0. The largest absolute Gasteiger partial charge is 0.303 e. The lowest BCUT2D eigenvalue weighted by Gasteiger charge is -2.26. The summed E-state index contributed by atoms with van der Waals surface area (Å²) in [7, 11) is 0. The van der Waals surface area contributed by atoms with Gasteiger partial charge in [0, 0.05) is 22.4 Å². The van der Waals surface area contributed by atoms with Gasteiger partial charge in [0.05, 0.1) is 17.8 Å². The van der Waals surface area contributed by atoms with Crippen LogP contribution in [0.5, 0.6) is 0 Å². The summed E-state index contributed by atoms with van der Waals surface area (Å²) < 4.78 is 2.75. The van der Waals surface area contributed by atoms with Gasteiger partial charge in [-0.1, -0.05) is 86.8 Å². The van der Waals surface area contributed by atoms with Crippen LogP contribution in [0.1, 0.15) is 47.8 Å². The van der Waals surface area contributed by atoms with E-state index in [9.17, 15) is 9.59 Å². The van der Waals surface area contributed by atoms with Crippen LogP contribution in [0.25, 0.3) is 11.1 Å². The van der Waals surface area contributed by atoms with Crippen LogP contribution in [0.3, 0.4) is 0 Å². The van der Waals surface area contributed by atoms with Gasteiger partial charge in [-0.2, -0.15) is 0 Å². The minimum absolute atomic E-state index is 0.0416. The van der Waals surface area contributed by atoms with Crippen LogP contribution in [0.15, 0.2) is 72.8 Å². The zero-order chi connectivity index (χ0) is 24.5. The molecule has 1 aliphatic heterocycles. The van der Waals surface area contributed by atoms with Crippen LogP contribution in [-0.4, -0.2) is 18.1 Å². The number of carbonyl (C=O) groups excluding carboxylic acids is 2. The molecule has 0 fully saturated rings. The molecule has 0 aromatic heterocycles. The molecule has 4 rings (SSSR count). The second kappa shape index (κ2) is 9.69. The molecule has 0 aliphatic carbocycles. The third kappa shape index (κ3) is 4.77. The van der Waals surface area contributed by atoms with E-state index in [0.717, 1.165) is 28.0 Å². The Morgan fingerprint density at radius 1 is 0.971 bits per heavy atom. The summed E-state index contributed by atoms with van der Waals surface area (Å²) in [5, 5.41) is 0.659. The van der Waals surface area contributed by atoms with Crippen LogP contribution < -0.4 is 9.62 Å². The Labute approximate surface area is 210 Å². The highest BCUT2D eigenvalue weighted by atomic mass is 35.5. The number of anilines is 1. The lowest BCUT2D eigenvalue weighted by atomic mass is 9.78. The molecule has 34 heavy (non-hydrogen) atoms. The van der Waals surface area contributed by atoms with E-state index in [0.29, 0.717) is 22.7 Å². The van der Waals surface area contributed by atoms with Gasteiger partial charge in [-0.25, -0.2) is 0 Å². The Hall–Kier alpha value is -3.02. The van der Waals surface area contributed by atoms with Crippen LogP contribution in [0.2, 0.25) is 5.02 Å². The number of fused-ring (bicyclic) bond motifs is 1. The molecule has 0 radical (unpaired) electrons. The van der Waals surface area contributed by atoms with E-state index in [4.69, 9.17) is 11.6 Å². The molecule has 1 aliphatic rings. The predicted molar refractivity (Wildman–Crippen MR) is 143 cm³/mol. The number of para-hydroxylation sites is 1. The summed E-state index contributed by atoms with van der Waals surface area (Å²) in [4.78, 5) is 28.1. The molecule has 4 nitrogen and oxygen atoms in total. The predicted octanol–water partition coefficient (Wildman–Crippen LogP) is 6.85. The maximum atomic E-state index is 14.0. The van der Waals surface area contributed by atoms with E-state index >= 15 is 0 Å². The van der Waals surface area contributed by atoms with Crippen molar-refractivity contribution in [1.82, 2.24) is 4.72 Å². The first-order valence-electron chi connectivity index (χ1n) is 11.0. The summed E-state index contributed by atoms with van der Waals surface area (Å²) in [6.45, 7) is 6.74. The average Bonchev–Trinajstić information content (AvgIpc) is 3.06. The number of carbonyl (C=O) groups is 2. The molecule has 0 unspecified atom stereocenters. The molecule has 3 aromatic carbocycles. The average molecular weight is 491 g/mol. The van der Waals surface area contributed by atoms with Crippen molar-refractivity contribution >= 4 is 52.2 Å². The Morgan fingerprint density at radius 2 is 1.68 bits per heavy atom. The van der Waals surface area contributed by atoms with Gasteiger partial charge < -0.3 is 4.90 Å². The zero-order valence-corrected chi connectivity index (χ0v) is 21.3. The number of hydrogen-bond donors (Lipinski definition) is 1. The number of hydrogen-bond acceptors (Lipinski definition) is 3. The van der Waals surface area contributed by atoms with E-state index in [1.165, 1.54) is 11.9 Å². The second-order valence-electron chi connectivity index (χ2n) is 9.25. The van der Waals surface area contributed by atoms with Gasteiger partial charge in [0.2, 0.25) is 0 Å². The van der Waals surface area contributed by atoms with Crippen molar-refractivity contribution in [3.63, 3.8) is 0 Å². The quantitative estimate of drug-likeness (QED) is 0.314. The molecular formula is C28H27ClN2O2S. The first-order chi connectivity index (χ1) is 16.2. The summed E-state index contributed by atoms with van der Waals surface area (Å²) in [6.07, 6.45) is 1.81. The van der Waals surface area contributed by atoms with E-state index < -0.39 is 0 Å². The Morgan fingerprint density at radius 3 is 2.35 bits per heavy atom. The lowest BCUT2D eigenvalue weighted by Crippen LogP contribution is -2.27. The Bertz CT molecular complexity index is 1280. The summed E-state index contributed by atoms with van der Waals surface area (Å²) >= 11 is 7.41. The fourth-order valence-corrected chi connectivity index (χ4v) is 4.82. The summed E-state index contributed by atoms with van der Waals surface area (Å²) in [5.41, 5.74) is 5.64. The normalized spacial score (nSPS) is 14.7. The van der Waals surface area contributed by atoms with Crippen LogP contribution >= 0.6 is 23.5 Å². The van der Waals surface area contributed by atoms with E-state index in [1.54, 1.807) is 11.0 Å². The molecule has 0 saturated carbocycles. The highest BCUT2D eigenvalue weighted by Crippen LogP contribution is 2.47. The molecule has 0 atom stereocenters. The topological polar surface area (TPSA) is 49.4 Å². The third-order valence-corrected chi connectivity index (χ3v) is 6.42. The Balaban J connectivity index is 1.82. The van der Waals surface area contributed by atoms with Crippen molar-refractivity contribution in [3.05, 3.63) is 100 Å². The van der Waals surface area contributed by atoms with Crippen molar-refractivity contribution in [2.24, 2.45) is 5.41 Å². The monoisotopic (exact) mass is 490 g/mol. The van der Waals surface area contributed by atoms with Crippen LogP contribution in [-0.2, 0) is 11.3 Å². The number of halogens is 1. The van der Waals surface area contributed by atoms with Crippen molar-refractivity contribution < 1.29 is 9.59 Å². The van der Waals surface area contributed by atoms with E-state index in [1.807, 2.05) is 73.0 Å².